The quantitative estimate of drug-likeness (QED) is 0.419. The highest BCUT2D eigenvalue weighted by atomic mass is 35.5. The molecule has 30 heavy (non-hydrogen) atoms. The van der Waals surface area contributed by atoms with Crippen LogP contribution in [-0.4, -0.2) is 27.1 Å². The maximum atomic E-state index is 13.3. The number of hydrazone groups is 1. The third-order valence-electron chi connectivity index (χ3n) is 4.32. The molecule has 3 rings (SSSR count). The van der Waals surface area contributed by atoms with Gasteiger partial charge >= 0.3 is 0 Å². The van der Waals surface area contributed by atoms with Gasteiger partial charge in [0.25, 0.3) is 15.9 Å². The lowest BCUT2D eigenvalue weighted by Crippen LogP contribution is -2.40. The first-order chi connectivity index (χ1) is 14.3. The van der Waals surface area contributed by atoms with Gasteiger partial charge in [-0.25, -0.2) is 13.8 Å². The van der Waals surface area contributed by atoms with Gasteiger partial charge in [-0.15, -0.1) is 11.3 Å². The van der Waals surface area contributed by atoms with Gasteiger partial charge < -0.3 is 0 Å². The summed E-state index contributed by atoms with van der Waals surface area (Å²) in [5, 5.41) is 6.36. The molecule has 1 heterocycles. The maximum absolute atomic E-state index is 13.3. The Hall–Kier alpha value is -2.68. The number of carbonyl (C=O) groups is 1. The van der Waals surface area contributed by atoms with Gasteiger partial charge in [-0.1, -0.05) is 29.8 Å². The molecule has 0 fully saturated rings. The number of amides is 1. The fourth-order valence-corrected chi connectivity index (χ4v) is 5.28. The summed E-state index contributed by atoms with van der Waals surface area (Å²) in [6.07, 6.45) is 1.54. The topological polar surface area (TPSA) is 78.8 Å². The third kappa shape index (κ3) is 5.08. The normalized spacial score (nSPS) is 11.6. The molecule has 0 aliphatic heterocycles. The van der Waals surface area contributed by atoms with Crippen molar-refractivity contribution in [3.63, 3.8) is 0 Å². The van der Waals surface area contributed by atoms with Gasteiger partial charge in [0.05, 0.1) is 16.8 Å². The zero-order chi connectivity index (χ0) is 21.7. The predicted octanol–water partition coefficient (Wildman–Crippen LogP) is 4.36. The first kappa shape index (κ1) is 22.0. The fourth-order valence-electron chi connectivity index (χ4n) is 2.76. The number of rotatable bonds is 7. The monoisotopic (exact) mass is 461 g/mol. The van der Waals surface area contributed by atoms with Crippen LogP contribution in [0.4, 0.5) is 5.69 Å². The highest BCUT2D eigenvalue weighted by Gasteiger charge is 2.28. The number of nitrogens with one attached hydrogen (secondary N) is 1. The van der Waals surface area contributed by atoms with E-state index in [0.29, 0.717) is 16.3 Å². The van der Waals surface area contributed by atoms with E-state index in [-0.39, 0.29) is 4.90 Å². The number of thiophene rings is 1. The summed E-state index contributed by atoms with van der Waals surface area (Å²) >= 11 is 7.52. The minimum atomic E-state index is -3.98. The standard InChI is InChI=1S/C21H20ClN3O3S2/c1-15-10-11-29-20(15)13-23-24-21(26)14-25(19-9-8-17(22)12-16(19)2)30(27,28)18-6-4-3-5-7-18/h3-13H,14H2,1-2H3,(H,24,26)/b23-13-. The number of benzene rings is 2. The molecular formula is C21H20ClN3O3S2. The minimum Gasteiger partial charge on any atom is -0.271 e. The SMILES string of the molecule is Cc1cc(Cl)ccc1N(CC(=O)N/N=C\c1sccc1C)S(=O)(=O)c1ccccc1. The molecule has 0 unspecified atom stereocenters. The zero-order valence-corrected chi connectivity index (χ0v) is 18.8. The number of nitrogens with zero attached hydrogens (tertiary/aromatic N) is 2. The lowest BCUT2D eigenvalue weighted by molar-refractivity contribution is -0.119. The lowest BCUT2D eigenvalue weighted by Gasteiger charge is -2.25. The van der Waals surface area contributed by atoms with Gasteiger partial charge in [0.15, 0.2) is 0 Å². The molecule has 3 aromatic rings. The van der Waals surface area contributed by atoms with E-state index in [1.807, 2.05) is 18.4 Å². The molecule has 9 heteroatoms. The van der Waals surface area contributed by atoms with E-state index in [1.165, 1.54) is 23.5 Å². The molecule has 1 aromatic heterocycles. The van der Waals surface area contributed by atoms with Crippen molar-refractivity contribution in [2.45, 2.75) is 18.7 Å². The van der Waals surface area contributed by atoms with Crippen LogP contribution in [0.2, 0.25) is 5.02 Å². The van der Waals surface area contributed by atoms with E-state index in [2.05, 4.69) is 10.5 Å². The Labute approximate surface area is 184 Å². The first-order valence-corrected chi connectivity index (χ1v) is 11.7. The van der Waals surface area contributed by atoms with E-state index in [9.17, 15) is 13.2 Å². The molecule has 156 valence electrons. The Morgan fingerprint density at radius 3 is 2.50 bits per heavy atom. The Morgan fingerprint density at radius 2 is 1.87 bits per heavy atom. The number of halogens is 1. The van der Waals surface area contributed by atoms with E-state index < -0.39 is 22.5 Å². The van der Waals surface area contributed by atoms with Crippen molar-refractivity contribution >= 4 is 50.8 Å². The average Bonchev–Trinajstić information content (AvgIpc) is 3.12. The number of sulfonamides is 1. The molecule has 0 atom stereocenters. The third-order valence-corrected chi connectivity index (χ3v) is 7.28. The molecule has 1 N–H and O–H groups in total. The summed E-state index contributed by atoms with van der Waals surface area (Å²) in [5.41, 5.74) is 4.46. The van der Waals surface area contributed by atoms with Gasteiger partial charge in [-0.05, 0) is 66.8 Å². The van der Waals surface area contributed by atoms with Gasteiger partial charge in [0.2, 0.25) is 0 Å². The van der Waals surface area contributed by atoms with Crippen LogP contribution in [0.15, 0.2) is 70.0 Å². The molecule has 0 saturated carbocycles. The molecule has 0 aliphatic rings. The number of aryl methyl sites for hydroxylation is 2. The fraction of sp³-hybridized carbons (Fsp3) is 0.143. The molecule has 0 saturated heterocycles. The van der Waals surface area contributed by atoms with E-state index >= 15 is 0 Å². The minimum absolute atomic E-state index is 0.0878. The van der Waals surface area contributed by atoms with Crippen molar-refractivity contribution in [2.75, 3.05) is 10.8 Å². The van der Waals surface area contributed by atoms with Crippen LogP contribution in [0.1, 0.15) is 16.0 Å². The zero-order valence-electron chi connectivity index (χ0n) is 16.4. The molecular weight excluding hydrogens is 442 g/mol. The summed E-state index contributed by atoms with van der Waals surface area (Å²) in [5.74, 6) is -0.561. The van der Waals surface area contributed by atoms with Crippen molar-refractivity contribution in [2.24, 2.45) is 5.10 Å². The van der Waals surface area contributed by atoms with Gasteiger partial charge in [0, 0.05) is 9.90 Å². The van der Waals surface area contributed by atoms with E-state index in [1.54, 1.807) is 49.5 Å². The Bertz CT molecular complexity index is 1180. The number of carbonyl (C=O) groups excluding carboxylic acids is 1. The van der Waals surface area contributed by atoms with Crippen molar-refractivity contribution in [1.82, 2.24) is 5.43 Å². The van der Waals surface area contributed by atoms with Crippen molar-refractivity contribution < 1.29 is 13.2 Å². The largest absolute Gasteiger partial charge is 0.271 e. The molecule has 2 aromatic carbocycles. The van der Waals surface area contributed by atoms with Gasteiger partial charge in [-0.3, -0.25) is 9.10 Å². The van der Waals surface area contributed by atoms with Gasteiger partial charge in [0.1, 0.15) is 6.54 Å². The highest BCUT2D eigenvalue weighted by molar-refractivity contribution is 7.92. The number of hydrogen-bond acceptors (Lipinski definition) is 5. The van der Waals surface area contributed by atoms with Crippen LogP contribution in [0.25, 0.3) is 0 Å². The first-order valence-electron chi connectivity index (χ1n) is 8.99. The summed E-state index contributed by atoms with van der Waals surface area (Å²) in [7, 11) is -3.98. The Morgan fingerprint density at radius 1 is 1.13 bits per heavy atom. The van der Waals surface area contributed by atoms with Crippen molar-refractivity contribution in [3.8, 4) is 0 Å². The second-order valence-electron chi connectivity index (χ2n) is 6.52. The second-order valence-corrected chi connectivity index (χ2v) is 9.76. The Kier molecular flexibility index (Phi) is 6.91. The van der Waals surface area contributed by atoms with Gasteiger partial charge in [-0.2, -0.15) is 5.10 Å². The Balaban J connectivity index is 1.89. The highest BCUT2D eigenvalue weighted by Crippen LogP contribution is 2.28. The molecule has 0 bridgehead atoms. The predicted molar refractivity (Wildman–Crippen MR) is 122 cm³/mol. The lowest BCUT2D eigenvalue weighted by atomic mass is 10.2. The second kappa shape index (κ2) is 9.42. The summed E-state index contributed by atoms with van der Waals surface area (Å²) < 4.78 is 27.6. The van der Waals surface area contributed by atoms with E-state index in [0.717, 1.165) is 14.7 Å². The number of anilines is 1. The van der Waals surface area contributed by atoms with Crippen LogP contribution in [0.3, 0.4) is 0 Å². The maximum Gasteiger partial charge on any atom is 0.264 e. The summed E-state index contributed by atoms with van der Waals surface area (Å²) in [4.78, 5) is 13.5. The summed E-state index contributed by atoms with van der Waals surface area (Å²) in [6.45, 7) is 3.25. The van der Waals surface area contributed by atoms with Crippen LogP contribution < -0.4 is 9.73 Å². The molecule has 0 aliphatic carbocycles. The van der Waals surface area contributed by atoms with E-state index in [4.69, 9.17) is 11.6 Å². The summed E-state index contributed by atoms with van der Waals surface area (Å²) in [6, 6.07) is 14.8. The molecule has 0 radical (unpaired) electrons. The van der Waals surface area contributed by atoms with Crippen LogP contribution in [-0.2, 0) is 14.8 Å². The molecule has 6 nitrogen and oxygen atoms in total. The van der Waals surface area contributed by atoms with Crippen molar-refractivity contribution in [3.05, 3.63) is 81.0 Å². The molecule has 1 amide bonds. The smallest absolute Gasteiger partial charge is 0.264 e. The van der Waals surface area contributed by atoms with Crippen molar-refractivity contribution in [1.29, 1.82) is 0 Å². The van der Waals surface area contributed by atoms with Crippen LogP contribution in [0, 0.1) is 13.8 Å². The molecule has 0 spiro atoms. The van der Waals surface area contributed by atoms with Crippen LogP contribution in [0.5, 0.6) is 0 Å². The number of hydrogen-bond donors (Lipinski definition) is 1. The van der Waals surface area contributed by atoms with Crippen LogP contribution >= 0.6 is 22.9 Å². The average molecular weight is 462 g/mol.